The number of halogens is 1. The van der Waals surface area contributed by atoms with E-state index in [4.69, 9.17) is 11.6 Å². The quantitative estimate of drug-likeness (QED) is 0.629. The van der Waals surface area contributed by atoms with Gasteiger partial charge in [-0.25, -0.2) is 0 Å². The minimum Gasteiger partial charge on any atom is -0.304 e. The number of nitrogens with zero attached hydrogens (tertiary/aromatic N) is 3. The third-order valence-electron chi connectivity index (χ3n) is 3.65. The zero-order valence-corrected chi connectivity index (χ0v) is 12.4. The predicted octanol–water partition coefficient (Wildman–Crippen LogP) is 3.23. The largest absolute Gasteiger partial charge is 0.304 e. The van der Waals surface area contributed by atoms with E-state index in [0.29, 0.717) is 17.1 Å². The van der Waals surface area contributed by atoms with Crippen molar-refractivity contribution in [1.82, 2.24) is 4.98 Å². The van der Waals surface area contributed by atoms with Gasteiger partial charge < -0.3 is 4.90 Å². The van der Waals surface area contributed by atoms with Crippen molar-refractivity contribution < 1.29 is 9.72 Å². The highest BCUT2D eigenvalue weighted by atomic mass is 35.5. The Bertz CT molecular complexity index is 778. The molecule has 7 heteroatoms. The SMILES string of the molecule is CC1Cc2cc([N+](=O)[O-])ccc2N1C(=O)c1cc(Cl)ccn1. The fourth-order valence-electron chi connectivity index (χ4n) is 2.69. The van der Waals surface area contributed by atoms with Gasteiger partial charge in [0, 0.05) is 35.1 Å². The normalized spacial score (nSPS) is 16.5. The zero-order valence-electron chi connectivity index (χ0n) is 11.7. The fourth-order valence-corrected chi connectivity index (χ4v) is 2.85. The number of pyridine rings is 1. The Hall–Kier alpha value is -2.47. The number of rotatable bonds is 2. The highest BCUT2D eigenvalue weighted by Crippen LogP contribution is 2.35. The Balaban J connectivity index is 2.00. The van der Waals surface area contributed by atoms with E-state index >= 15 is 0 Å². The molecule has 1 amide bonds. The Labute approximate surface area is 131 Å². The molecule has 1 aromatic heterocycles. The van der Waals surface area contributed by atoms with Crippen LogP contribution in [0.25, 0.3) is 0 Å². The van der Waals surface area contributed by atoms with Gasteiger partial charge in [-0.05, 0) is 37.1 Å². The van der Waals surface area contributed by atoms with Crippen LogP contribution in [0.4, 0.5) is 11.4 Å². The van der Waals surface area contributed by atoms with Crippen molar-refractivity contribution in [2.45, 2.75) is 19.4 Å². The summed E-state index contributed by atoms with van der Waals surface area (Å²) < 4.78 is 0. The molecule has 2 heterocycles. The van der Waals surface area contributed by atoms with Gasteiger partial charge in [-0.1, -0.05) is 11.6 Å². The van der Waals surface area contributed by atoms with Gasteiger partial charge in [-0.2, -0.15) is 0 Å². The number of aromatic nitrogens is 1. The van der Waals surface area contributed by atoms with Gasteiger partial charge in [0.2, 0.25) is 0 Å². The van der Waals surface area contributed by atoms with Gasteiger partial charge in [0.15, 0.2) is 0 Å². The molecule has 6 nitrogen and oxygen atoms in total. The monoisotopic (exact) mass is 317 g/mol. The van der Waals surface area contributed by atoms with E-state index in [1.165, 1.54) is 24.4 Å². The highest BCUT2D eigenvalue weighted by Gasteiger charge is 2.33. The summed E-state index contributed by atoms with van der Waals surface area (Å²) in [5.74, 6) is -0.261. The molecule has 22 heavy (non-hydrogen) atoms. The lowest BCUT2D eigenvalue weighted by Crippen LogP contribution is -2.36. The second kappa shape index (κ2) is 5.38. The first-order chi connectivity index (χ1) is 10.5. The van der Waals surface area contributed by atoms with Crippen molar-refractivity contribution in [2.24, 2.45) is 0 Å². The van der Waals surface area contributed by atoms with E-state index in [1.54, 1.807) is 17.0 Å². The van der Waals surface area contributed by atoms with Crippen molar-refractivity contribution in [1.29, 1.82) is 0 Å². The van der Waals surface area contributed by atoms with Gasteiger partial charge in [-0.15, -0.1) is 0 Å². The van der Waals surface area contributed by atoms with Crippen molar-refractivity contribution in [3.05, 3.63) is 62.9 Å². The van der Waals surface area contributed by atoms with Gasteiger partial charge in [0.25, 0.3) is 11.6 Å². The minimum absolute atomic E-state index is 0.0288. The second-order valence-corrected chi connectivity index (χ2v) is 5.59. The number of non-ortho nitro benzene ring substituents is 1. The first kappa shape index (κ1) is 14.5. The molecule has 0 saturated heterocycles. The van der Waals surface area contributed by atoms with Crippen molar-refractivity contribution in [3.63, 3.8) is 0 Å². The topological polar surface area (TPSA) is 76.3 Å². The van der Waals surface area contributed by atoms with Crippen LogP contribution in [0, 0.1) is 10.1 Å². The maximum absolute atomic E-state index is 12.7. The molecular formula is C15H12ClN3O3. The summed E-state index contributed by atoms with van der Waals surface area (Å²) in [6, 6.07) is 7.56. The van der Waals surface area contributed by atoms with Crippen LogP contribution in [0.2, 0.25) is 5.02 Å². The summed E-state index contributed by atoms with van der Waals surface area (Å²) in [4.78, 5) is 28.7. The molecule has 0 bridgehead atoms. The molecule has 0 radical (unpaired) electrons. The van der Waals surface area contributed by atoms with Gasteiger partial charge >= 0.3 is 0 Å². The number of carbonyl (C=O) groups excluding carboxylic acids is 1. The number of amides is 1. The van der Waals surface area contributed by atoms with Crippen molar-refractivity contribution in [2.75, 3.05) is 4.90 Å². The number of benzene rings is 1. The number of nitro benzene ring substituents is 1. The maximum atomic E-state index is 12.7. The third kappa shape index (κ3) is 2.42. The molecule has 1 aromatic carbocycles. The molecule has 1 atom stereocenters. The van der Waals surface area contributed by atoms with E-state index < -0.39 is 4.92 Å². The van der Waals surface area contributed by atoms with Crippen LogP contribution in [-0.2, 0) is 6.42 Å². The average molecular weight is 318 g/mol. The van der Waals surface area contributed by atoms with Crippen LogP contribution < -0.4 is 4.90 Å². The van der Waals surface area contributed by atoms with E-state index in [2.05, 4.69) is 4.98 Å². The molecule has 112 valence electrons. The number of fused-ring (bicyclic) bond motifs is 1. The highest BCUT2D eigenvalue weighted by molar-refractivity contribution is 6.31. The van der Waals surface area contributed by atoms with Crippen molar-refractivity contribution >= 4 is 28.9 Å². The van der Waals surface area contributed by atoms with Crippen LogP contribution in [-0.4, -0.2) is 21.9 Å². The number of carbonyl (C=O) groups is 1. The molecule has 2 aromatic rings. The molecule has 1 aliphatic heterocycles. The summed E-state index contributed by atoms with van der Waals surface area (Å²) >= 11 is 5.90. The average Bonchev–Trinajstić information content (AvgIpc) is 2.81. The molecule has 0 spiro atoms. The van der Waals surface area contributed by atoms with Gasteiger partial charge in [-0.3, -0.25) is 19.9 Å². The lowest BCUT2D eigenvalue weighted by atomic mass is 10.1. The van der Waals surface area contributed by atoms with Gasteiger partial charge in [0.05, 0.1) is 4.92 Å². The Morgan fingerprint density at radius 3 is 2.86 bits per heavy atom. The Morgan fingerprint density at radius 2 is 2.18 bits per heavy atom. The Morgan fingerprint density at radius 1 is 1.41 bits per heavy atom. The van der Waals surface area contributed by atoms with Crippen LogP contribution in [0.3, 0.4) is 0 Å². The minimum atomic E-state index is -0.437. The Kier molecular flexibility index (Phi) is 3.54. The van der Waals surface area contributed by atoms with Crippen LogP contribution in [0.1, 0.15) is 23.0 Å². The lowest BCUT2D eigenvalue weighted by Gasteiger charge is -2.22. The second-order valence-electron chi connectivity index (χ2n) is 5.16. The smallest absolute Gasteiger partial charge is 0.277 e. The summed E-state index contributed by atoms with van der Waals surface area (Å²) in [6.07, 6.45) is 2.05. The molecule has 0 fully saturated rings. The van der Waals surface area contributed by atoms with Crippen LogP contribution in [0.15, 0.2) is 36.5 Å². The molecular weight excluding hydrogens is 306 g/mol. The number of hydrogen-bond acceptors (Lipinski definition) is 4. The molecule has 0 aliphatic carbocycles. The number of hydrogen-bond donors (Lipinski definition) is 0. The summed E-state index contributed by atoms with van der Waals surface area (Å²) in [5.41, 5.74) is 1.76. The molecule has 0 saturated carbocycles. The number of nitro groups is 1. The summed E-state index contributed by atoms with van der Waals surface area (Å²) in [7, 11) is 0. The lowest BCUT2D eigenvalue weighted by molar-refractivity contribution is -0.384. The van der Waals surface area contributed by atoms with Crippen LogP contribution >= 0.6 is 11.6 Å². The van der Waals surface area contributed by atoms with Gasteiger partial charge in [0.1, 0.15) is 5.69 Å². The first-order valence-corrected chi connectivity index (χ1v) is 7.07. The number of anilines is 1. The summed E-state index contributed by atoms with van der Waals surface area (Å²) in [5, 5.41) is 11.3. The zero-order chi connectivity index (χ0) is 15.9. The van der Waals surface area contributed by atoms with E-state index in [1.807, 2.05) is 6.92 Å². The van der Waals surface area contributed by atoms with E-state index in [9.17, 15) is 14.9 Å². The molecule has 1 aliphatic rings. The summed E-state index contributed by atoms with van der Waals surface area (Å²) in [6.45, 7) is 1.90. The van der Waals surface area contributed by atoms with E-state index in [-0.39, 0.29) is 23.3 Å². The maximum Gasteiger partial charge on any atom is 0.277 e. The predicted molar refractivity (Wildman–Crippen MR) is 82.3 cm³/mol. The fraction of sp³-hybridized carbons (Fsp3) is 0.200. The van der Waals surface area contributed by atoms with E-state index in [0.717, 1.165) is 5.56 Å². The third-order valence-corrected chi connectivity index (χ3v) is 3.88. The van der Waals surface area contributed by atoms with Crippen molar-refractivity contribution in [3.8, 4) is 0 Å². The first-order valence-electron chi connectivity index (χ1n) is 6.70. The molecule has 0 N–H and O–H groups in total. The molecule has 1 unspecified atom stereocenters. The standard InChI is InChI=1S/C15H12ClN3O3/c1-9-6-10-7-12(19(21)22)2-3-14(10)18(9)15(20)13-8-11(16)4-5-17-13/h2-5,7-9H,6H2,1H3. The van der Waals surface area contributed by atoms with Crippen LogP contribution in [0.5, 0.6) is 0 Å². The molecule has 3 rings (SSSR count).